The molecule has 5 heteroatoms. The number of amides is 1. The number of nitrogens with zero attached hydrogens (tertiary/aromatic N) is 3. The molecule has 1 aromatic carbocycles. The van der Waals surface area contributed by atoms with Gasteiger partial charge in [0.2, 0.25) is 0 Å². The Morgan fingerprint density at radius 2 is 1.85 bits per heavy atom. The highest BCUT2D eigenvalue weighted by molar-refractivity contribution is 6.06. The van der Waals surface area contributed by atoms with Crippen LogP contribution in [0.3, 0.4) is 0 Å². The Morgan fingerprint density at radius 1 is 1.07 bits per heavy atom. The molecule has 1 amide bonds. The first-order valence-corrected chi connectivity index (χ1v) is 9.09. The van der Waals surface area contributed by atoms with Gasteiger partial charge in [-0.2, -0.15) is 0 Å². The van der Waals surface area contributed by atoms with Gasteiger partial charge in [0.1, 0.15) is 5.82 Å². The van der Waals surface area contributed by atoms with Crippen LogP contribution >= 0.6 is 0 Å². The molecular formula is C22H24FN3O. The van der Waals surface area contributed by atoms with E-state index in [9.17, 15) is 9.18 Å². The Labute approximate surface area is 159 Å². The molecule has 0 unspecified atom stereocenters. The number of carbonyl (C=O) groups excluding carboxylic acids is 1. The number of hydrogen-bond acceptors (Lipinski definition) is 3. The summed E-state index contributed by atoms with van der Waals surface area (Å²) in [6, 6.07) is 13.2. The molecule has 0 saturated heterocycles. The third kappa shape index (κ3) is 4.30. The zero-order valence-corrected chi connectivity index (χ0v) is 15.9. The molecule has 140 valence electrons. The maximum Gasteiger partial charge on any atom is 0.261 e. The molecular weight excluding hydrogens is 341 g/mol. The molecule has 0 aliphatic heterocycles. The van der Waals surface area contributed by atoms with Gasteiger partial charge in [-0.05, 0) is 35.6 Å². The lowest BCUT2D eigenvalue weighted by Gasteiger charge is -2.23. The van der Waals surface area contributed by atoms with Crippen molar-refractivity contribution < 1.29 is 9.18 Å². The van der Waals surface area contributed by atoms with Gasteiger partial charge in [-0.25, -0.2) is 4.98 Å². The van der Waals surface area contributed by atoms with Crippen molar-refractivity contribution in [1.82, 2.24) is 9.97 Å². The van der Waals surface area contributed by atoms with Crippen molar-refractivity contribution in [2.75, 3.05) is 18.1 Å². The number of pyridine rings is 2. The molecule has 4 nitrogen and oxygen atoms in total. The molecule has 0 radical (unpaired) electrons. The summed E-state index contributed by atoms with van der Waals surface area (Å²) < 4.78 is 12.8. The van der Waals surface area contributed by atoms with Gasteiger partial charge >= 0.3 is 0 Å². The second-order valence-electron chi connectivity index (χ2n) is 7.57. The van der Waals surface area contributed by atoms with Crippen LogP contribution in [0.25, 0.3) is 10.9 Å². The van der Waals surface area contributed by atoms with Crippen LogP contribution in [0.2, 0.25) is 0 Å². The van der Waals surface area contributed by atoms with Crippen molar-refractivity contribution in [3.8, 4) is 0 Å². The molecule has 27 heavy (non-hydrogen) atoms. The molecule has 0 N–H and O–H groups in total. The van der Waals surface area contributed by atoms with Crippen LogP contribution in [-0.2, 0) is 5.41 Å². The quantitative estimate of drug-likeness (QED) is 0.644. The van der Waals surface area contributed by atoms with Gasteiger partial charge < -0.3 is 0 Å². The topological polar surface area (TPSA) is 46.1 Å². The summed E-state index contributed by atoms with van der Waals surface area (Å²) >= 11 is 0. The van der Waals surface area contributed by atoms with Crippen LogP contribution in [0.1, 0.15) is 43.1 Å². The third-order valence-electron chi connectivity index (χ3n) is 4.49. The Balaban J connectivity index is 1.94. The lowest BCUT2D eigenvalue weighted by molar-refractivity contribution is 0.0985. The van der Waals surface area contributed by atoms with Crippen molar-refractivity contribution >= 4 is 22.6 Å². The van der Waals surface area contributed by atoms with E-state index in [1.807, 2.05) is 42.5 Å². The first-order chi connectivity index (χ1) is 12.9. The molecule has 0 fully saturated rings. The first kappa shape index (κ1) is 19.0. The highest BCUT2D eigenvalue weighted by Gasteiger charge is 2.21. The van der Waals surface area contributed by atoms with E-state index < -0.39 is 6.67 Å². The van der Waals surface area contributed by atoms with Crippen LogP contribution in [0, 0.1) is 0 Å². The van der Waals surface area contributed by atoms with E-state index in [0.29, 0.717) is 11.4 Å². The molecule has 0 bridgehead atoms. The Kier molecular flexibility index (Phi) is 5.49. The summed E-state index contributed by atoms with van der Waals surface area (Å²) in [5, 5.41) is 0.893. The van der Waals surface area contributed by atoms with Gasteiger partial charge in [0, 0.05) is 24.3 Å². The SMILES string of the molecule is CC(C)(C)c1ccc(N(CCCF)C(=O)c2cnc3ccccc3c2)nc1. The smallest absolute Gasteiger partial charge is 0.261 e. The standard InChI is InChI=1S/C22H24FN3O/c1-22(2,3)18-9-10-20(25-15-18)26(12-6-11-23)21(27)17-13-16-7-4-5-8-19(16)24-14-17/h4-5,7-10,13-15H,6,11-12H2,1-3H3. The summed E-state index contributed by atoms with van der Waals surface area (Å²) in [5.74, 6) is 0.298. The van der Waals surface area contributed by atoms with Gasteiger partial charge in [-0.3, -0.25) is 19.1 Å². The largest absolute Gasteiger partial charge is 0.293 e. The van der Waals surface area contributed by atoms with Crippen LogP contribution in [0.15, 0.2) is 54.9 Å². The summed E-state index contributed by atoms with van der Waals surface area (Å²) in [5.41, 5.74) is 2.35. The van der Waals surface area contributed by atoms with Crippen LogP contribution < -0.4 is 4.90 Å². The molecule has 0 spiro atoms. The molecule has 3 rings (SSSR count). The predicted molar refractivity (Wildman–Crippen MR) is 107 cm³/mol. The lowest BCUT2D eigenvalue weighted by atomic mass is 9.88. The van der Waals surface area contributed by atoms with Gasteiger partial charge in [0.25, 0.3) is 5.91 Å². The molecule has 0 saturated carbocycles. The summed E-state index contributed by atoms with van der Waals surface area (Å²) in [6.45, 7) is 6.10. The van der Waals surface area contributed by atoms with Gasteiger partial charge in [-0.1, -0.05) is 45.0 Å². The number of carbonyl (C=O) groups is 1. The minimum absolute atomic E-state index is 0.0262. The minimum atomic E-state index is -0.486. The van der Waals surface area contributed by atoms with Crippen LogP contribution in [-0.4, -0.2) is 29.1 Å². The number of rotatable bonds is 5. The molecule has 0 aliphatic carbocycles. The van der Waals surface area contributed by atoms with Gasteiger partial charge in [0.05, 0.1) is 17.8 Å². The maximum atomic E-state index is 13.1. The van der Waals surface area contributed by atoms with E-state index in [-0.39, 0.29) is 24.3 Å². The van der Waals surface area contributed by atoms with E-state index >= 15 is 0 Å². The average Bonchev–Trinajstić information content (AvgIpc) is 2.67. The molecule has 0 aliphatic rings. The fourth-order valence-electron chi connectivity index (χ4n) is 2.87. The molecule has 0 atom stereocenters. The summed E-state index contributed by atoms with van der Waals surface area (Å²) in [7, 11) is 0. The second kappa shape index (κ2) is 7.82. The average molecular weight is 365 g/mol. The highest BCUT2D eigenvalue weighted by atomic mass is 19.1. The van der Waals surface area contributed by atoms with E-state index in [4.69, 9.17) is 0 Å². The normalized spacial score (nSPS) is 11.6. The maximum absolute atomic E-state index is 13.1. The van der Waals surface area contributed by atoms with Crippen molar-refractivity contribution in [3.05, 3.63) is 66.0 Å². The second-order valence-corrected chi connectivity index (χ2v) is 7.57. The number of anilines is 1. The van der Waals surface area contributed by atoms with Crippen molar-refractivity contribution in [3.63, 3.8) is 0 Å². The van der Waals surface area contributed by atoms with E-state index in [2.05, 4.69) is 30.7 Å². The Bertz CT molecular complexity index is 932. The summed E-state index contributed by atoms with van der Waals surface area (Å²) in [4.78, 5) is 23.5. The zero-order valence-electron chi connectivity index (χ0n) is 15.9. The zero-order chi connectivity index (χ0) is 19.4. The van der Waals surface area contributed by atoms with E-state index in [0.717, 1.165) is 16.5 Å². The third-order valence-corrected chi connectivity index (χ3v) is 4.49. The number of hydrogen-bond donors (Lipinski definition) is 0. The lowest BCUT2D eigenvalue weighted by Crippen LogP contribution is -2.33. The number of aromatic nitrogens is 2. The monoisotopic (exact) mass is 365 g/mol. The highest BCUT2D eigenvalue weighted by Crippen LogP contribution is 2.24. The van der Waals surface area contributed by atoms with Crippen LogP contribution in [0.4, 0.5) is 10.2 Å². The fourth-order valence-corrected chi connectivity index (χ4v) is 2.87. The predicted octanol–water partition coefficient (Wildman–Crippen LogP) is 4.93. The Hall–Kier alpha value is -2.82. The first-order valence-electron chi connectivity index (χ1n) is 9.09. The number of halogens is 1. The molecule has 3 aromatic rings. The molecule has 2 heterocycles. The fraction of sp³-hybridized carbons (Fsp3) is 0.318. The number of benzene rings is 1. The number of alkyl halides is 1. The van der Waals surface area contributed by atoms with Gasteiger partial charge in [-0.15, -0.1) is 0 Å². The molecule has 2 aromatic heterocycles. The van der Waals surface area contributed by atoms with Crippen molar-refractivity contribution in [2.24, 2.45) is 0 Å². The number of fused-ring (bicyclic) bond motifs is 1. The van der Waals surface area contributed by atoms with Gasteiger partial charge in [0.15, 0.2) is 0 Å². The van der Waals surface area contributed by atoms with E-state index in [1.165, 1.54) is 4.90 Å². The van der Waals surface area contributed by atoms with Crippen molar-refractivity contribution in [2.45, 2.75) is 32.6 Å². The van der Waals surface area contributed by atoms with E-state index in [1.54, 1.807) is 12.4 Å². The Morgan fingerprint density at radius 3 is 2.52 bits per heavy atom. The minimum Gasteiger partial charge on any atom is -0.293 e. The summed E-state index contributed by atoms with van der Waals surface area (Å²) in [6.07, 6.45) is 3.61. The number of para-hydroxylation sites is 1. The van der Waals surface area contributed by atoms with Crippen LogP contribution in [0.5, 0.6) is 0 Å². The van der Waals surface area contributed by atoms with Crippen molar-refractivity contribution in [1.29, 1.82) is 0 Å².